The highest BCUT2D eigenvalue weighted by Gasteiger charge is 2.48. The Morgan fingerprint density at radius 2 is 1.84 bits per heavy atom. The molecule has 0 spiro atoms. The highest BCUT2D eigenvalue weighted by molar-refractivity contribution is 7.46. The van der Waals surface area contributed by atoms with E-state index in [0.29, 0.717) is 43.3 Å². The molecule has 0 unspecified atom stereocenters. The second-order valence-electron chi connectivity index (χ2n) is 12.9. The molecule has 0 bridgehead atoms. The number of likely N-dealkylation sites (tertiary alicyclic amines) is 1. The lowest BCUT2D eigenvalue weighted by atomic mass is 10.0. The molecule has 258 valence electrons. The third-order valence-electron chi connectivity index (χ3n) is 9.76. The monoisotopic (exact) mass is 711 g/mol. The number of thiophene rings is 1. The number of amides is 4. The van der Waals surface area contributed by atoms with Gasteiger partial charge in [0.2, 0.25) is 26.1 Å². The van der Waals surface area contributed by atoms with Crippen molar-refractivity contribution in [1.82, 2.24) is 20.0 Å². The van der Waals surface area contributed by atoms with Crippen molar-refractivity contribution < 1.29 is 37.7 Å². The van der Waals surface area contributed by atoms with Gasteiger partial charge in [-0.1, -0.05) is 36.4 Å². The standard InChI is InChI=1S/C34H36F2N5O6PS/c1-20(42)39-12-11-25-8-9-28(33(45)40-18-22(17-37)14-26(40)13-21-5-3-2-4-6-21)41(25)32(44)27(19-39)38-31(43)30-16-23-15-24(7-10-29(23)49-30)34(35,36)48(46)47/h2-7,10,15-16,22,25-28,46-47H,8-9,11-14,18-19H2,1H3,(H,38,43)/t22-,25-,26+,27+,28+/m1/s1. The highest BCUT2D eigenvalue weighted by Crippen LogP contribution is 2.53. The normalized spacial score (nSPS) is 24.5. The Balaban J connectivity index is 1.25. The van der Waals surface area contributed by atoms with Crippen LogP contribution in [0.1, 0.15) is 53.4 Å². The molecule has 3 saturated heterocycles. The van der Waals surface area contributed by atoms with Gasteiger partial charge in [0.25, 0.3) is 5.91 Å². The Morgan fingerprint density at radius 3 is 2.53 bits per heavy atom. The molecule has 4 amide bonds. The molecule has 3 N–H and O–H groups in total. The summed E-state index contributed by atoms with van der Waals surface area (Å²) in [4.78, 5) is 78.1. The van der Waals surface area contributed by atoms with Crippen LogP contribution in [0, 0.1) is 17.2 Å². The second-order valence-corrected chi connectivity index (χ2v) is 15.1. The molecule has 3 fully saturated rings. The summed E-state index contributed by atoms with van der Waals surface area (Å²) in [5.74, 6) is -1.96. The summed E-state index contributed by atoms with van der Waals surface area (Å²) in [6.07, 6.45) is 2.53. The van der Waals surface area contributed by atoms with Crippen molar-refractivity contribution in [3.8, 4) is 6.07 Å². The van der Waals surface area contributed by atoms with Gasteiger partial charge in [-0.2, -0.15) is 14.0 Å². The van der Waals surface area contributed by atoms with Crippen LogP contribution < -0.4 is 5.32 Å². The van der Waals surface area contributed by atoms with Gasteiger partial charge >= 0.3 is 5.66 Å². The zero-order chi connectivity index (χ0) is 35.0. The molecular formula is C34H36F2N5O6PS. The predicted octanol–water partition coefficient (Wildman–Crippen LogP) is 3.94. The van der Waals surface area contributed by atoms with E-state index in [4.69, 9.17) is 0 Å². The molecule has 6 rings (SSSR count). The molecule has 15 heteroatoms. The van der Waals surface area contributed by atoms with Gasteiger partial charge in [0.05, 0.1) is 16.9 Å². The first kappa shape index (κ1) is 34.8. The van der Waals surface area contributed by atoms with Crippen molar-refractivity contribution >= 4 is 53.4 Å². The van der Waals surface area contributed by atoms with Gasteiger partial charge in [0, 0.05) is 48.9 Å². The summed E-state index contributed by atoms with van der Waals surface area (Å²) in [6, 6.07) is 14.4. The van der Waals surface area contributed by atoms with E-state index in [0.717, 1.165) is 29.0 Å². The molecular weight excluding hydrogens is 675 g/mol. The first-order valence-electron chi connectivity index (χ1n) is 16.1. The summed E-state index contributed by atoms with van der Waals surface area (Å²) in [5.41, 5.74) is -3.42. The Kier molecular flexibility index (Phi) is 10.0. The van der Waals surface area contributed by atoms with Crippen molar-refractivity contribution in [2.45, 2.75) is 68.9 Å². The van der Waals surface area contributed by atoms with Crippen molar-refractivity contribution in [3.05, 3.63) is 70.6 Å². The fraction of sp³-hybridized carbons (Fsp3) is 0.441. The van der Waals surface area contributed by atoms with Crippen LogP contribution in [0.5, 0.6) is 0 Å². The molecule has 2 aromatic carbocycles. The van der Waals surface area contributed by atoms with Gasteiger partial charge < -0.3 is 29.8 Å². The first-order valence-corrected chi connectivity index (χ1v) is 18.2. The van der Waals surface area contributed by atoms with Gasteiger partial charge in [-0.25, -0.2) is 0 Å². The molecule has 1 aromatic heterocycles. The van der Waals surface area contributed by atoms with Crippen LogP contribution in [0.25, 0.3) is 10.1 Å². The summed E-state index contributed by atoms with van der Waals surface area (Å²) in [6.45, 7) is 1.87. The van der Waals surface area contributed by atoms with Crippen LogP contribution in [0.2, 0.25) is 0 Å². The van der Waals surface area contributed by atoms with Gasteiger partial charge in [-0.05, 0) is 61.3 Å². The number of hydrogen-bond donors (Lipinski definition) is 3. The maximum atomic E-state index is 14.4. The van der Waals surface area contributed by atoms with Crippen molar-refractivity contribution in [2.75, 3.05) is 19.6 Å². The van der Waals surface area contributed by atoms with Crippen LogP contribution in [0.4, 0.5) is 8.78 Å². The molecule has 4 heterocycles. The van der Waals surface area contributed by atoms with E-state index in [-0.39, 0.29) is 53.2 Å². The van der Waals surface area contributed by atoms with Gasteiger partial charge in [0.1, 0.15) is 12.1 Å². The predicted molar refractivity (Wildman–Crippen MR) is 178 cm³/mol. The lowest BCUT2D eigenvalue weighted by Gasteiger charge is -2.39. The number of nitriles is 1. The minimum Gasteiger partial charge on any atom is -0.346 e. The summed E-state index contributed by atoms with van der Waals surface area (Å²) < 4.78 is 29.1. The average molecular weight is 712 g/mol. The molecule has 49 heavy (non-hydrogen) atoms. The van der Waals surface area contributed by atoms with E-state index >= 15 is 0 Å². The minimum absolute atomic E-state index is 0.112. The van der Waals surface area contributed by atoms with Gasteiger partial charge in [-0.3, -0.25) is 19.2 Å². The number of halogens is 2. The van der Waals surface area contributed by atoms with Crippen LogP contribution in [0.15, 0.2) is 54.6 Å². The smallest absolute Gasteiger partial charge is 0.339 e. The number of carbonyl (C=O) groups excluding carboxylic acids is 4. The SMILES string of the molecule is CC(=O)N1CC[C@H]2CC[C@@H](C(=O)N3C[C@@H](C#N)C[C@@H]3Cc3ccccc3)N2C(=O)[C@@H](NC(=O)c2cc3cc(C(F)(F)P(O)O)ccc3s2)C1. The zero-order valence-electron chi connectivity index (χ0n) is 26.7. The average Bonchev–Trinajstić information content (AvgIpc) is 3.81. The quantitative estimate of drug-likeness (QED) is 0.314. The zero-order valence-corrected chi connectivity index (χ0v) is 28.4. The fourth-order valence-electron chi connectivity index (χ4n) is 7.25. The molecule has 3 aliphatic rings. The van der Waals surface area contributed by atoms with E-state index in [1.807, 2.05) is 30.3 Å². The maximum absolute atomic E-state index is 14.4. The topological polar surface area (TPSA) is 154 Å². The van der Waals surface area contributed by atoms with Crippen molar-refractivity contribution in [1.29, 1.82) is 5.26 Å². The van der Waals surface area contributed by atoms with E-state index in [9.17, 15) is 43.0 Å². The summed E-state index contributed by atoms with van der Waals surface area (Å²) in [5, 5.41) is 12.8. The Hall–Kier alpha value is -4.02. The number of alkyl halides is 2. The Bertz CT molecular complexity index is 1800. The Morgan fingerprint density at radius 1 is 1.08 bits per heavy atom. The molecule has 11 nitrogen and oxygen atoms in total. The van der Waals surface area contributed by atoms with Crippen LogP contribution in [-0.4, -0.2) is 91.9 Å². The van der Waals surface area contributed by atoms with E-state index < -0.39 is 43.5 Å². The summed E-state index contributed by atoms with van der Waals surface area (Å²) >= 11 is 1.01. The largest absolute Gasteiger partial charge is 0.346 e. The number of fused-ring (bicyclic) bond motifs is 2. The van der Waals surface area contributed by atoms with E-state index in [2.05, 4.69) is 11.4 Å². The molecule has 5 atom stereocenters. The van der Waals surface area contributed by atoms with Crippen LogP contribution in [0.3, 0.4) is 0 Å². The van der Waals surface area contributed by atoms with Crippen LogP contribution >= 0.6 is 19.7 Å². The number of rotatable bonds is 7. The van der Waals surface area contributed by atoms with Gasteiger partial charge in [-0.15, -0.1) is 11.3 Å². The third-order valence-corrected chi connectivity index (χ3v) is 11.6. The minimum atomic E-state index is -3.86. The van der Waals surface area contributed by atoms with Gasteiger partial charge in [0.15, 0.2) is 0 Å². The Labute approximate surface area is 287 Å². The van der Waals surface area contributed by atoms with Crippen molar-refractivity contribution in [2.24, 2.45) is 5.92 Å². The highest BCUT2D eigenvalue weighted by atomic mass is 32.1. The first-order chi connectivity index (χ1) is 23.4. The number of nitrogens with one attached hydrogen (secondary N) is 1. The van der Waals surface area contributed by atoms with Crippen molar-refractivity contribution in [3.63, 3.8) is 0 Å². The number of nitrogens with zero attached hydrogens (tertiary/aromatic N) is 4. The fourth-order valence-corrected chi connectivity index (χ4v) is 8.56. The second kappa shape index (κ2) is 14.1. The number of hydrogen-bond acceptors (Lipinski definition) is 8. The van der Waals surface area contributed by atoms with E-state index in [1.54, 1.807) is 9.80 Å². The lowest BCUT2D eigenvalue weighted by molar-refractivity contribution is -0.149. The third kappa shape index (κ3) is 7.03. The summed E-state index contributed by atoms with van der Waals surface area (Å²) in [7, 11) is -3.57. The molecule has 0 aliphatic carbocycles. The molecule has 3 aliphatic heterocycles. The number of carbonyl (C=O) groups is 4. The molecule has 0 radical (unpaired) electrons. The van der Waals surface area contributed by atoms with Crippen LogP contribution in [-0.2, 0) is 26.5 Å². The molecule has 0 saturated carbocycles. The number of benzene rings is 2. The lowest BCUT2D eigenvalue weighted by Crippen LogP contribution is -2.61. The molecule has 3 aromatic rings. The van der Waals surface area contributed by atoms with E-state index in [1.165, 1.54) is 24.0 Å². The maximum Gasteiger partial charge on any atom is 0.339 e.